The van der Waals surface area contributed by atoms with E-state index in [1.54, 1.807) is 30.9 Å². The highest BCUT2D eigenvalue weighted by Gasteiger charge is 2.29. The third-order valence-corrected chi connectivity index (χ3v) is 6.16. The molecule has 0 unspecified atom stereocenters. The lowest BCUT2D eigenvalue weighted by atomic mass is 10.1. The van der Waals surface area contributed by atoms with E-state index in [2.05, 4.69) is 15.0 Å². The van der Waals surface area contributed by atoms with Crippen LogP contribution in [0.3, 0.4) is 0 Å². The van der Waals surface area contributed by atoms with Crippen LogP contribution in [0.1, 0.15) is 11.4 Å². The monoisotopic (exact) mass is 401 g/mol. The standard InChI is InChI=1S/C17H16N4O2S.CH3NO2/c22-24(23,21-10-7-16-17(11-21)20-12-19-16)15-3-1-13(2-4-15)14-5-8-18-9-6-14;3-1-2-4/h1-6,8-9,12H,7,10-11H2,(H,19,20);1,4H,(H,2,3). The minimum absolute atomic E-state index is 0.181. The number of fused-ring (bicyclic) bond motifs is 1. The van der Waals surface area contributed by atoms with Gasteiger partial charge in [0.1, 0.15) is 0 Å². The Morgan fingerprint density at radius 2 is 1.75 bits per heavy atom. The highest BCUT2D eigenvalue weighted by Crippen LogP contribution is 2.25. The van der Waals surface area contributed by atoms with E-state index < -0.39 is 10.0 Å². The Hall–Kier alpha value is -3.08. The molecule has 3 aromatic rings. The predicted octanol–water partition coefficient (Wildman–Crippen LogP) is 1.34. The quantitative estimate of drug-likeness (QED) is 0.344. The number of amides is 1. The first-order chi connectivity index (χ1) is 13.6. The van der Waals surface area contributed by atoms with Gasteiger partial charge in [0.05, 0.1) is 23.5 Å². The van der Waals surface area contributed by atoms with Crippen LogP contribution in [-0.4, -0.2) is 45.8 Å². The van der Waals surface area contributed by atoms with Gasteiger partial charge in [0, 0.05) is 31.1 Å². The maximum absolute atomic E-state index is 12.8. The summed E-state index contributed by atoms with van der Waals surface area (Å²) in [6.45, 7) is 0.775. The van der Waals surface area contributed by atoms with Crippen molar-refractivity contribution in [2.24, 2.45) is 0 Å². The molecule has 0 saturated carbocycles. The second-order valence-corrected chi connectivity index (χ2v) is 7.86. The molecule has 0 radical (unpaired) electrons. The number of rotatable bonds is 4. The average molecular weight is 401 g/mol. The largest absolute Gasteiger partial charge is 0.348 e. The van der Waals surface area contributed by atoms with Crippen molar-refractivity contribution in [3.8, 4) is 11.1 Å². The van der Waals surface area contributed by atoms with Crippen molar-refractivity contribution < 1.29 is 18.4 Å². The zero-order valence-corrected chi connectivity index (χ0v) is 15.6. The van der Waals surface area contributed by atoms with Crippen LogP contribution in [-0.2, 0) is 27.8 Å². The van der Waals surface area contributed by atoms with E-state index in [1.807, 2.05) is 24.3 Å². The summed E-state index contributed by atoms with van der Waals surface area (Å²) in [6, 6.07) is 10.8. The summed E-state index contributed by atoms with van der Waals surface area (Å²) >= 11 is 0. The minimum Gasteiger partial charge on any atom is -0.348 e. The topological polar surface area (TPSA) is 128 Å². The Morgan fingerprint density at radius 3 is 2.39 bits per heavy atom. The van der Waals surface area contributed by atoms with Crippen molar-refractivity contribution >= 4 is 16.4 Å². The number of aromatic nitrogens is 3. The van der Waals surface area contributed by atoms with Gasteiger partial charge in [-0.2, -0.15) is 4.31 Å². The van der Waals surface area contributed by atoms with Gasteiger partial charge in [0.15, 0.2) is 0 Å². The lowest BCUT2D eigenvalue weighted by molar-refractivity contribution is -0.116. The molecule has 3 N–H and O–H groups in total. The van der Waals surface area contributed by atoms with E-state index in [9.17, 15) is 8.42 Å². The van der Waals surface area contributed by atoms with Gasteiger partial charge in [-0.1, -0.05) is 12.1 Å². The third-order valence-electron chi connectivity index (χ3n) is 4.30. The number of sulfonamides is 1. The van der Waals surface area contributed by atoms with Gasteiger partial charge in [-0.25, -0.2) is 18.9 Å². The SMILES string of the molecule is O=CNO.O=S(=O)(c1ccc(-c2ccncc2)cc1)N1CCc2[nH]cnc2C1. The van der Waals surface area contributed by atoms with Gasteiger partial charge in [-0.3, -0.25) is 15.0 Å². The molecule has 4 rings (SSSR count). The zero-order chi connectivity index (χ0) is 20.0. The molecule has 2 aromatic heterocycles. The molecule has 1 aliphatic rings. The van der Waals surface area contributed by atoms with Crippen LogP contribution in [0.15, 0.2) is 60.0 Å². The van der Waals surface area contributed by atoms with E-state index in [0.29, 0.717) is 24.4 Å². The van der Waals surface area contributed by atoms with Crippen LogP contribution in [0.25, 0.3) is 11.1 Å². The van der Waals surface area contributed by atoms with Crippen LogP contribution in [0.2, 0.25) is 0 Å². The summed E-state index contributed by atoms with van der Waals surface area (Å²) < 4.78 is 27.2. The van der Waals surface area contributed by atoms with Crippen LogP contribution in [0.5, 0.6) is 0 Å². The number of nitrogens with zero attached hydrogens (tertiary/aromatic N) is 3. The van der Waals surface area contributed by atoms with Crippen molar-refractivity contribution in [1.29, 1.82) is 0 Å². The summed E-state index contributed by atoms with van der Waals surface area (Å²) in [6.07, 6.45) is 5.89. The molecule has 10 heteroatoms. The highest BCUT2D eigenvalue weighted by molar-refractivity contribution is 7.89. The van der Waals surface area contributed by atoms with Gasteiger partial charge < -0.3 is 4.98 Å². The van der Waals surface area contributed by atoms with E-state index in [4.69, 9.17) is 10.0 Å². The fraction of sp³-hybridized carbons (Fsp3) is 0.167. The first-order valence-electron chi connectivity index (χ1n) is 8.41. The molecule has 146 valence electrons. The Morgan fingerprint density at radius 1 is 1.11 bits per heavy atom. The maximum atomic E-state index is 12.8. The summed E-state index contributed by atoms with van der Waals surface area (Å²) in [5.41, 5.74) is 5.05. The van der Waals surface area contributed by atoms with E-state index in [-0.39, 0.29) is 6.41 Å². The Bertz CT molecular complexity index is 1020. The average Bonchev–Trinajstić information content (AvgIpc) is 3.22. The number of hydrogen-bond acceptors (Lipinski definition) is 6. The van der Waals surface area contributed by atoms with Crippen molar-refractivity contribution in [3.63, 3.8) is 0 Å². The highest BCUT2D eigenvalue weighted by atomic mass is 32.2. The second-order valence-electron chi connectivity index (χ2n) is 5.92. The maximum Gasteiger partial charge on any atom is 0.243 e. The Kier molecular flexibility index (Phi) is 6.14. The molecule has 0 spiro atoms. The van der Waals surface area contributed by atoms with Crippen molar-refractivity contribution in [3.05, 3.63) is 66.5 Å². The number of pyridine rings is 1. The van der Waals surface area contributed by atoms with Crippen LogP contribution in [0.4, 0.5) is 0 Å². The fourth-order valence-corrected chi connectivity index (χ4v) is 4.30. The predicted molar refractivity (Wildman–Crippen MR) is 101 cm³/mol. The van der Waals surface area contributed by atoms with Gasteiger partial charge in [0.25, 0.3) is 0 Å². The Balaban J connectivity index is 0.000000516. The molecule has 9 nitrogen and oxygen atoms in total. The van der Waals surface area contributed by atoms with Gasteiger partial charge in [-0.05, 0) is 35.4 Å². The molecule has 3 heterocycles. The first kappa shape index (κ1) is 19.7. The third kappa shape index (κ3) is 4.25. The molecule has 1 amide bonds. The minimum atomic E-state index is -3.51. The van der Waals surface area contributed by atoms with Crippen LogP contribution in [0, 0.1) is 0 Å². The summed E-state index contributed by atoms with van der Waals surface area (Å²) in [7, 11) is -3.51. The number of aromatic amines is 1. The molecule has 0 saturated heterocycles. The smallest absolute Gasteiger partial charge is 0.243 e. The number of benzene rings is 1. The fourth-order valence-electron chi connectivity index (χ4n) is 2.90. The molecule has 0 fully saturated rings. The van der Waals surface area contributed by atoms with Crippen molar-refractivity contribution in [2.75, 3.05) is 6.54 Å². The van der Waals surface area contributed by atoms with Gasteiger partial charge in [-0.15, -0.1) is 0 Å². The zero-order valence-electron chi connectivity index (χ0n) is 14.8. The van der Waals surface area contributed by atoms with Crippen molar-refractivity contribution in [2.45, 2.75) is 17.9 Å². The number of hydroxylamine groups is 1. The van der Waals surface area contributed by atoms with E-state index in [1.165, 1.54) is 9.79 Å². The van der Waals surface area contributed by atoms with Crippen LogP contribution >= 0.6 is 0 Å². The number of carbonyl (C=O) groups is 1. The van der Waals surface area contributed by atoms with Crippen LogP contribution < -0.4 is 5.48 Å². The second kappa shape index (κ2) is 8.74. The number of nitrogens with one attached hydrogen (secondary N) is 2. The molecule has 0 bridgehead atoms. The summed E-state index contributed by atoms with van der Waals surface area (Å²) in [5.74, 6) is 0. The number of H-pyrrole nitrogens is 1. The number of hydrogen-bond donors (Lipinski definition) is 3. The number of carbonyl (C=O) groups excluding carboxylic acids is 1. The molecule has 1 aromatic carbocycles. The lowest BCUT2D eigenvalue weighted by Gasteiger charge is -2.25. The molecular formula is C18H19N5O4S. The van der Waals surface area contributed by atoms with E-state index in [0.717, 1.165) is 22.5 Å². The Labute approximate surface area is 162 Å². The van der Waals surface area contributed by atoms with Gasteiger partial charge in [0.2, 0.25) is 16.4 Å². The molecular weight excluding hydrogens is 382 g/mol. The first-order valence-corrected chi connectivity index (χ1v) is 9.85. The lowest BCUT2D eigenvalue weighted by Crippen LogP contribution is -2.36. The van der Waals surface area contributed by atoms with E-state index >= 15 is 0 Å². The molecule has 28 heavy (non-hydrogen) atoms. The normalized spacial score (nSPS) is 13.8. The summed E-state index contributed by atoms with van der Waals surface area (Å²) in [5, 5.41) is 7.26. The molecule has 1 aliphatic heterocycles. The number of imidazole rings is 1. The molecule has 0 aliphatic carbocycles. The molecule has 0 atom stereocenters. The van der Waals surface area contributed by atoms with Gasteiger partial charge >= 0.3 is 0 Å². The summed E-state index contributed by atoms with van der Waals surface area (Å²) in [4.78, 5) is 20.4. The van der Waals surface area contributed by atoms with Crippen molar-refractivity contribution in [1.82, 2.24) is 24.7 Å².